The Hall–Kier alpha value is -7.00. The minimum absolute atomic E-state index is 0.104. The van der Waals surface area contributed by atoms with Crippen LogP contribution in [0.1, 0.15) is 22.5 Å². The summed E-state index contributed by atoms with van der Waals surface area (Å²) in [6.07, 6.45) is 0. The van der Waals surface area contributed by atoms with Gasteiger partial charge in [-0.25, -0.2) is 9.97 Å². The number of nitriles is 4. The van der Waals surface area contributed by atoms with Crippen LogP contribution in [-0.2, 0) is 0 Å². The summed E-state index contributed by atoms with van der Waals surface area (Å²) in [5.74, 6) is 0.208. The van der Waals surface area contributed by atoms with Crippen molar-refractivity contribution in [1.29, 1.82) is 21.0 Å². The average molecular weight is 565 g/mol. The maximum atomic E-state index is 10.0. The van der Waals surface area contributed by atoms with Crippen molar-refractivity contribution in [2.75, 3.05) is 0 Å². The number of nitrogens with zero attached hydrogens (tertiary/aromatic N) is 6. The number of phenols is 2. The highest BCUT2D eigenvalue weighted by molar-refractivity contribution is 6.07. The zero-order chi connectivity index (χ0) is 30.5. The second-order valence-corrected chi connectivity index (χ2v) is 10.2. The third-order valence-electron chi connectivity index (χ3n) is 7.76. The molecule has 0 fully saturated rings. The van der Waals surface area contributed by atoms with Crippen LogP contribution in [0.2, 0.25) is 0 Å². The number of fused-ring (bicyclic) bond motifs is 6. The topological polar surface area (TPSA) is 161 Å². The van der Waals surface area contributed by atoms with Crippen molar-refractivity contribution in [2.24, 2.45) is 0 Å². The van der Waals surface area contributed by atoms with Gasteiger partial charge in [0.15, 0.2) is 0 Å². The van der Waals surface area contributed by atoms with E-state index in [1.165, 1.54) is 0 Å². The Labute approximate surface area is 251 Å². The lowest BCUT2D eigenvalue weighted by Gasteiger charge is -2.08. The molecule has 202 valence electrons. The molecule has 0 amide bonds. The second-order valence-electron chi connectivity index (χ2n) is 10.2. The minimum atomic E-state index is -0.129. The van der Waals surface area contributed by atoms with Crippen LogP contribution in [0.4, 0.5) is 0 Å². The molecule has 0 bridgehead atoms. The van der Waals surface area contributed by atoms with E-state index in [9.17, 15) is 31.3 Å². The highest BCUT2D eigenvalue weighted by atomic mass is 16.3. The molecular formula is C36H16N6O2. The molecule has 0 saturated carbocycles. The zero-order valence-corrected chi connectivity index (χ0v) is 22.7. The van der Waals surface area contributed by atoms with E-state index in [0.717, 1.165) is 22.3 Å². The second kappa shape index (κ2) is 9.82. The lowest BCUT2D eigenvalue weighted by atomic mass is 9.96. The van der Waals surface area contributed by atoms with E-state index in [4.69, 9.17) is 9.97 Å². The Kier molecular flexibility index (Phi) is 5.79. The Bertz CT molecular complexity index is 2160. The van der Waals surface area contributed by atoms with Crippen LogP contribution >= 0.6 is 0 Å². The van der Waals surface area contributed by atoms with E-state index in [-0.39, 0.29) is 22.6 Å². The molecule has 0 radical (unpaired) electrons. The molecule has 2 aliphatic rings. The SMILES string of the molecule is N#CC(C#N)=C1c2cc(-c3cccc(O)c3)ccc2-c2nc3c(nc21)-c1ccc(-c2cccc(O)c2)cc1C3=C(C#N)C#N. The van der Waals surface area contributed by atoms with Gasteiger partial charge < -0.3 is 10.2 Å². The molecule has 2 aliphatic carbocycles. The molecule has 44 heavy (non-hydrogen) atoms. The van der Waals surface area contributed by atoms with Gasteiger partial charge >= 0.3 is 0 Å². The molecule has 0 spiro atoms. The molecule has 5 aromatic rings. The predicted molar refractivity (Wildman–Crippen MR) is 162 cm³/mol. The van der Waals surface area contributed by atoms with Crippen molar-refractivity contribution in [3.05, 3.63) is 119 Å². The number of rotatable bonds is 2. The highest BCUT2D eigenvalue weighted by Gasteiger charge is 2.36. The summed E-state index contributed by atoms with van der Waals surface area (Å²) in [7, 11) is 0. The van der Waals surface area contributed by atoms with Crippen LogP contribution in [0.15, 0.2) is 96.1 Å². The van der Waals surface area contributed by atoms with Crippen LogP contribution in [0.25, 0.3) is 55.9 Å². The van der Waals surface area contributed by atoms with Crippen molar-refractivity contribution in [3.63, 3.8) is 0 Å². The fraction of sp³-hybridized carbons (Fsp3) is 0. The molecule has 0 unspecified atom stereocenters. The molecule has 2 N–H and O–H groups in total. The minimum Gasteiger partial charge on any atom is -0.508 e. The van der Waals surface area contributed by atoms with E-state index in [0.29, 0.717) is 56.2 Å². The summed E-state index contributed by atoms with van der Waals surface area (Å²) in [6, 6.07) is 32.6. The number of aromatic hydroxyl groups is 2. The van der Waals surface area contributed by atoms with E-state index in [1.54, 1.807) is 36.4 Å². The molecule has 8 heteroatoms. The smallest absolute Gasteiger partial charge is 0.139 e. The number of hydrogen-bond donors (Lipinski definition) is 2. The van der Waals surface area contributed by atoms with Gasteiger partial charge in [-0.3, -0.25) is 0 Å². The van der Waals surface area contributed by atoms with Crippen molar-refractivity contribution >= 4 is 11.1 Å². The van der Waals surface area contributed by atoms with E-state index in [1.807, 2.05) is 72.8 Å². The summed E-state index contributed by atoms with van der Waals surface area (Å²) >= 11 is 0. The summed E-state index contributed by atoms with van der Waals surface area (Å²) in [5.41, 5.74) is 7.45. The Morgan fingerprint density at radius 3 is 1.20 bits per heavy atom. The molecule has 7 rings (SSSR count). The standard InChI is InChI=1S/C36H16N6O2/c37-15-23(16-38)31-29-13-21(19-3-1-5-25(43)11-19)7-9-27(29)33-35(31)42-34-28-10-8-22(20-4-2-6-26(44)12-20)14-30(28)32(36(34)41-33)24(17-39)18-40/h1-14,43-44H. The first-order chi connectivity index (χ1) is 21.4. The first-order valence-corrected chi connectivity index (χ1v) is 13.4. The lowest BCUT2D eigenvalue weighted by molar-refractivity contribution is 0.475. The number of benzene rings is 4. The van der Waals surface area contributed by atoms with Crippen LogP contribution in [0, 0.1) is 45.3 Å². The molecular weight excluding hydrogens is 548 g/mol. The van der Waals surface area contributed by atoms with Gasteiger partial charge in [0.2, 0.25) is 0 Å². The third kappa shape index (κ3) is 3.81. The predicted octanol–water partition coefficient (Wildman–Crippen LogP) is 6.88. The fourth-order valence-electron chi connectivity index (χ4n) is 5.84. The first-order valence-electron chi connectivity index (χ1n) is 13.4. The van der Waals surface area contributed by atoms with Crippen molar-refractivity contribution < 1.29 is 10.2 Å². The number of phenolic OH excluding ortho intramolecular Hbond substituents is 2. The maximum Gasteiger partial charge on any atom is 0.139 e. The molecule has 1 heterocycles. The monoisotopic (exact) mass is 564 g/mol. The number of allylic oxidation sites excluding steroid dienone is 2. The summed E-state index contributed by atoms with van der Waals surface area (Å²) in [4.78, 5) is 9.93. The van der Waals surface area contributed by atoms with E-state index in [2.05, 4.69) is 0 Å². The third-order valence-corrected chi connectivity index (χ3v) is 7.76. The molecule has 0 atom stereocenters. The molecule has 1 aromatic heterocycles. The van der Waals surface area contributed by atoms with Gasteiger partial charge in [0.1, 0.15) is 58.3 Å². The summed E-state index contributed by atoms with van der Waals surface area (Å²) < 4.78 is 0. The molecule has 0 aliphatic heterocycles. The first kappa shape index (κ1) is 25.9. The van der Waals surface area contributed by atoms with Crippen molar-refractivity contribution in [2.45, 2.75) is 0 Å². The van der Waals surface area contributed by atoms with Crippen LogP contribution < -0.4 is 0 Å². The lowest BCUT2D eigenvalue weighted by Crippen LogP contribution is -1.98. The fourth-order valence-corrected chi connectivity index (χ4v) is 5.84. The summed E-state index contributed by atoms with van der Waals surface area (Å²) in [6.45, 7) is 0. The summed E-state index contributed by atoms with van der Waals surface area (Å²) in [5, 5.41) is 59.8. The van der Waals surface area contributed by atoms with Gasteiger partial charge in [-0.05, 0) is 69.8 Å². The van der Waals surface area contributed by atoms with Gasteiger partial charge in [-0.2, -0.15) is 21.0 Å². The van der Waals surface area contributed by atoms with Crippen molar-refractivity contribution in [3.8, 4) is 80.5 Å². The molecule has 8 nitrogen and oxygen atoms in total. The van der Waals surface area contributed by atoms with Gasteiger partial charge in [0.05, 0.1) is 11.4 Å². The largest absolute Gasteiger partial charge is 0.508 e. The average Bonchev–Trinajstić information content (AvgIpc) is 3.53. The van der Waals surface area contributed by atoms with Crippen LogP contribution in [-0.4, -0.2) is 20.2 Å². The Balaban J connectivity index is 1.49. The van der Waals surface area contributed by atoms with Gasteiger partial charge in [0, 0.05) is 22.3 Å². The van der Waals surface area contributed by atoms with E-state index >= 15 is 0 Å². The maximum absolute atomic E-state index is 10.0. The van der Waals surface area contributed by atoms with Crippen molar-refractivity contribution in [1.82, 2.24) is 9.97 Å². The van der Waals surface area contributed by atoms with Gasteiger partial charge in [-0.15, -0.1) is 0 Å². The van der Waals surface area contributed by atoms with Crippen LogP contribution in [0.3, 0.4) is 0 Å². The van der Waals surface area contributed by atoms with E-state index < -0.39 is 0 Å². The number of hydrogen-bond acceptors (Lipinski definition) is 8. The normalized spacial score (nSPS) is 11.6. The highest BCUT2D eigenvalue weighted by Crippen LogP contribution is 2.51. The Morgan fingerprint density at radius 1 is 0.455 bits per heavy atom. The van der Waals surface area contributed by atoms with Gasteiger partial charge in [0.25, 0.3) is 0 Å². The van der Waals surface area contributed by atoms with Gasteiger partial charge in [-0.1, -0.05) is 48.5 Å². The quantitative estimate of drug-likeness (QED) is 0.215. The van der Waals surface area contributed by atoms with Crippen LogP contribution in [0.5, 0.6) is 11.5 Å². The zero-order valence-electron chi connectivity index (χ0n) is 22.7. The number of aromatic nitrogens is 2. The Morgan fingerprint density at radius 2 is 0.841 bits per heavy atom. The molecule has 4 aromatic carbocycles. The molecule has 0 saturated heterocycles.